The van der Waals surface area contributed by atoms with Crippen LogP contribution in [0.2, 0.25) is 0 Å². The van der Waals surface area contributed by atoms with Crippen molar-refractivity contribution in [2.24, 2.45) is 0 Å². The molecule has 16 heavy (non-hydrogen) atoms. The molecule has 0 aliphatic carbocycles. The second-order valence-corrected chi connectivity index (χ2v) is 4.19. The van der Waals surface area contributed by atoms with E-state index in [4.69, 9.17) is 0 Å². The van der Waals surface area contributed by atoms with Gasteiger partial charge < -0.3 is 4.18 Å². The summed E-state index contributed by atoms with van der Waals surface area (Å²) in [6.45, 7) is 0. The molecule has 4 nitrogen and oxygen atoms in total. The number of ketones is 1. The molecule has 0 unspecified atom stereocenters. The van der Waals surface area contributed by atoms with Crippen LogP contribution in [0.5, 0.6) is 5.75 Å². The van der Waals surface area contributed by atoms with Gasteiger partial charge >= 0.3 is 10.5 Å². The van der Waals surface area contributed by atoms with Crippen LogP contribution in [0.15, 0.2) is 18.2 Å². The van der Waals surface area contributed by atoms with Crippen molar-refractivity contribution in [1.29, 1.82) is 0 Å². The minimum Gasteiger partial charge on any atom is -0.355 e. The monoisotopic (exact) mass is 314 g/mol. The van der Waals surface area contributed by atoms with E-state index in [0.717, 1.165) is 18.2 Å². The maximum Gasteiger partial charge on any atom is 0.488 e. The van der Waals surface area contributed by atoms with Gasteiger partial charge in [-0.05, 0) is 18.2 Å². The first-order chi connectivity index (χ1) is 7.33. The van der Waals surface area contributed by atoms with Crippen LogP contribution < -0.4 is 4.18 Å². The highest BCUT2D eigenvalue weighted by atomic mass is 79.9. The van der Waals surface area contributed by atoms with Crippen LogP contribution in [0.25, 0.3) is 0 Å². The molecule has 0 saturated carbocycles. The number of benzene rings is 1. The van der Waals surface area contributed by atoms with E-state index in [1.165, 1.54) is 0 Å². The van der Waals surface area contributed by atoms with Crippen molar-refractivity contribution in [3.63, 3.8) is 0 Å². The van der Waals surface area contributed by atoms with Crippen LogP contribution in [0.3, 0.4) is 0 Å². The van der Waals surface area contributed by atoms with Gasteiger partial charge in [0.15, 0.2) is 17.3 Å². The van der Waals surface area contributed by atoms with E-state index >= 15 is 0 Å². The standard InChI is InChI=1S/C8H5BrF2O4S/c9-4-7(12)5-1-2-8(6(10)3-5)15-16(11,13)14/h1-3H,4H2. The van der Waals surface area contributed by atoms with E-state index in [2.05, 4.69) is 20.1 Å². The van der Waals surface area contributed by atoms with Gasteiger partial charge in [0, 0.05) is 5.56 Å². The predicted molar refractivity (Wildman–Crippen MR) is 55.2 cm³/mol. The van der Waals surface area contributed by atoms with E-state index in [1.54, 1.807) is 0 Å². The lowest BCUT2D eigenvalue weighted by molar-refractivity contribution is 0.102. The number of carbonyl (C=O) groups excluding carboxylic acids is 1. The molecule has 1 aromatic rings. The summed E-state index contributed by atoms with van der Waals surface area (Å²) in [6, 6.07) is 2.76. The van der Waals surface area contributed by atoms with Crippen LogP contribution >= 0.6 is 15.9 Å². The quantitative estimate of drug-likeness (QED) is 0.484. The molecular formula is C8H5BrF2O4S. The molecule has 0 saturated heterocycles. The molecule has 0 radical (unpaired) electrons. The number of hydrogen-bond acceptors (Lipinski definition) is 4. The average molecular weight is 315 g/mol. The normalized spacial score (nSPS) is 11.2. The largest absolute Gasteiger partial charge is 0.488 e. The zero-order valence-corrected chi connectivity index (χ0v) is 10.0. The second-order valence-electron chi connectivity index (χ2n) is 2.68. The van der Waals surface area contributed by atoms with Gasteiger partial charge in [0.2, 0.25) is 0 Å². The van der Waals surface area contributed by atoms with Gasteiger partial charge in [-0.2, -0.15) is 8.42 Å². The molecule has 0 aliphatic rings. The third-order valence-electron chi connectivity index (χ3n) is 1.56. The summed E-state index contributed by atoms with van der Waals surface area (Å²) in [5.74, 6) is -2.32. The molecular weight excluding hydrogens is 310 g/mol. The zero-order chi connectivity index (χ0) is 12.3. The van der Waals surface area contributed by atoms with Gasteiger partial charge in [-0.25, -0.2) is 4.39 Å². The highest BCUT2D eigenvalue weighted by Crippen LogP contribution is 2.21. The molecule has 0 amide bonds. The van der Waals surface area contributed by atoms with Crippen molar-refractivity contribution in [2.45, 2.75) is 0 Å². The first-order valence-corrected chi connectivity index (χ1v) is 6.29. The summed E-state index contributed by atoms with van der Waals surface area (Å²) in [4.78, 5) is 11.1. The van der Waals surface area contributed by atoms with Gasteiger partial charge in [0.1, 0.15) is 0 Å². The summed E-state index contributed by atoms with van der Waals surface area (Å²) in [5, 5.41) is -0.00590. The Hall–Kier alpha value is -1.02. The molecule has 0 aromatic heterocycles. The molecule has 8 heteroatoms. The van der Waals surface area contributed by atoms with Crippen LogP contribution in [-0.4, -0.2) is 19.5 Å². The number of carbonyl (C=O) groups is 1. The fourth-order valence-corrected chi connectivity index (χ4v) is 1.60. The van der Waals surface area contributed by atoms with E-state index in [9.17, 15) is 21.5 Å². The lowest BCUT2D eigenvalue weighted by Crippen LogP contribution is -2.05. The first-order valence-electron chi connectivity index (χ1n) is 3.86. The second kappa shape index (κ2) is 4.88. The van der Waals surface area contributed by atoms with Gasteiger partial charge in [0.25, 0.3) is 0 Å². The van der Waals surface area contributed by atoms with Gasteiger partial charge in [0.05, 0.1) is 5.33 Å². The summed E-state index contributed by atoms with van der Waals surface area (Å²) in [6.07, 6.45) is 0. The lowest BCUT2D eigenvalue weighted by atomic mass is 10.1. The van der Waals surface area contributed by atoms with Crippen LogP contribution in [0, 0.1) is 5.82 Å². The highest BCUT2D eigenvalue weighted by Gasteiger charge is 2.15. The Bertz CT molecular complexity index is 515. The molecule has 0 heterocycles. The van der Waals surface area contributed by atoms with E-state index in [0.29, 0.717) is 0 Å². The Morgan fingerprint density at radius 2 is 2.06 bits per heavy atom. The fraction of sp³-hybridized carbons (Fsp3) is 0.125. The Labute approximate surface area is 98.8 Å². The van der Waals surface area contributed by atoms with Crippen molar-refractivity contribution < 1.29 is 25.7 Å². The maximum absolute atomic E-state index is 13.2. The molecule has 0 spiro atoms. The summed E-state index contributed by atoms with van der Waals surface area (Å²) < 4.78 is 49.1. The fourth-order valence-electron chi connectivity index (χ4n) is 0.926. The maximum atomic E-state index is 13.2. The zero-order valence-electron chi connectivity index (χ0n) is 7.61. The lowest BCUT2D eigenvalue weighted by Gasteiger charge is -2.03. The molecule has 0 fully saturated rings. The van der Waals surface area contributed by atoms with Gasteiger partial charge in [-0.15, -0.1) is 0 Å². The highest BCUT2D eigenvalue weighted by molar-refractivity contribution is 9.09. The van der Waals surface area contributed by atoms with E-state index in [1.807, 2.05) is 0 Å². The topological polar surface area (TPSA) is 60.4 Å². The third kappa shape index (κ3) is 3.53. The Morgan fingerprint density at radius 3 is 2.50 bits per heavy atom. The molecule has 1 rings (SSSR count). The average Bonchev–Trinajstić information content (AvgIpc) is 2.18. The van der Waals surface area contributed by atoms with Crippen LogP contribution in [0.4, 0.5) is 8.28 Å². The third-order valence-corrected chi connectivity index (χ3v) is 2.45. The number of hydrogen-bond donors (Lipinski definition) is 0. The van der Waals surface area contributed by atoms with Crippen molar-refractivity contribution in [3.8, 4) is 5.75 Å². The summed E-state index contributed by atoms with van der Waals surface area (Å²) >= 11 is 2.88. The van der Waals surface area contributed by atoms with Crippen molar-refractivity contribution in [2.75, 3.05) is 5.33 Å². The van der Waals surface area contributed by atoms with Crippen LogP contribution in [-0.2, 0) is 10.5 Å². The number of halogens is 3. The minimum absolute atomic E-state index is 0.00590. The molecule has 88 valence electrons. The Kier molecular flexibility index (Phi) is 3.98. The first kappa shape index (κ1) is 13.0. The molecule has 0 N–H and O–H groups in total. The van der Waals surface area contributed by atoms with Gasteiger partial charge in [-0.3, -0.25) is 4.79 Å². The van der Waals surface area contributed by atoms with Crippen molar-refractivity contribution in [1.82, 2.24) is 0 Å². The molecule has 0 aliphatic heterocycles. The van der Waals surface area contributed by atoms with Crippen molar-refractivity contribution in [3.05, 3.63) is 29.6 Å². The predicted octanol–water partition coefficient (Wildman–Crippen LogP) is 2.00. The summed E-state index contributed by atoms with van der Waals surface area (Å²) in [5.41, 5.74) is 0.0259. The number of Topliss-reactive ketones (excluding diaryl/α,β-unsaturated/α-hetero) is 1. The van der Waals surface area contributed by atoms with E-state index < -0.39 is 27.9 Å². The SMILES string of the molecule is O=C(CBr)c1ccc(OS(=O)(=O)F)c(F)c1. The number of alkyl halides is 1. The molecule has 0 atom stereocenters. The smallest absolute Gasteiger partial charge is 0.355 e. The van der Waals surface area contributed by atoms with Gasteiger partial charge in [-0.1, -0.05) is 19.8 Å². The summed E-state index contributed by atoms with van der Waals surface area (Å²) in [7, 11) is -5.27. The molecule has 0 bridgehead atoms. The Balaban J connectivity index is 3.05. The number of rotatable bonds is 4. The van der Waals surface area contributed by atoms with Crippen molar-refractivity contribution >= 4 is 32.2 Å². The van der Waals surface area contributed by atoms with Crippen LogP contribution in [0.1, 0.15) is 10.4 Å². The molecule has 1 aromatic carbocycles. The minimum atomic E-state index is -5.27. The Morgan fingerprint density at radius 1 is 1.44 bits per heavy atom. The van der Waals surface area contributed by atoms with E-state index in [-0.39, 0.29) is 10.9 Å².